The Morgan fingerprint density at radius 3 is 2.60 bits per heavy atom. The van der Waals surface area contributed by atoms with E-state index in [1.807, 2.05) is 24.4 Å². The lowest BCUT2D eigenvalue weighted by Crippen LogP contribution is -2.40. The molecule has 6 nitrogen and oxygen atoms in total. The van der Waals surface area contributed by atoms with Gasteiger partial charge in [-0.1, -0.05) is 36.7 Å². The lowest BCUT2D eigenvalue weighted by atomic mass is 9.80. The Hall–Kier alpha value is -3.93. The molecule has 0 N–H and O–H groups in total. The highest BCUT2D eigenvalue weighted by Gasteiger charge is 2.43. The number of benzene rings is 3. The van der Waals surface area contributed by atoms with Crippen LogP contribution in [0.4, 0.5) is 11.4 Å². The summed E-state index contributed by atoms with van der Waals surface area (Å²) in [6, 6.07) is 20.6. The van der Waals surface area contributed by atoms with Gasteiger partial charge in [-0.3, -0.25) is 0 Å². The third kappa shape index (κ3) is 3.52. The van der Waals surface area contributed by atoms with Gasteiger partial charge in [-0.25, -0.2) is 4.79 Å². The first kappa shape index (κ1) is 22.8. The minimum atomic E-state index is -0.327. The van der Waals surface area contributed by atoms with Crippen LogP contribution in [0.2, 0.25) is 0 Å². The van der Waals surface area contributed by atoms with Gasteiger partial charge < -0.3 is 14.2 Å². The predicted octanol–water partition coefficient (Wildman–Crippen LogP) is 5.73. The van der Waals surface area contributed by atoms with E-state index in [1.54, 1.807) is 4.68 Å². The number of anilines is 1. The highest BCUT2D eigenvalue weighted by molar-refractivity contribution is 6.08. The maximum absolute atomic E-state index is 12.1. The Labute approximate surface area is 205 Å². The molecular weight excluding hydrogens is 436 g/mol. The van der Waals surface area contributed by atoms with E-state index >= 15 is 0 Å². The van der Waals surface area contributed by atoms with Gasteiger partial charge in [0.2, 0.25) is 5.69 Å². The van der Waals surface area contributed by atoms with E-state index in [-0.39, 0.29) is 17.4 Å². The highest BCUT2D eigenvalue weighted by Crippen LogP contribution is 2.44. The third-order valence-corrected chi connectivity index (χ3v) is 7.37. The number of carbonyl (C=O) groups excluding carboxylic acids is 1. The molecule has 0 saturated heterocycles. The van der Waals surface area contributed by atoms with Gasteiger partial charge in [0.1, 0.15) is 0 Å². The number of ether oxygens (including phenoxy) is 1. The molecule has 4 aromatic rings. The topological polar surface area (TPSA) is 49.8 Å². The number of hydrogen-bond acceptors (Lipinski definition) is 4. The highest BCUT2D eigenvalue weighted by atomic mass is 16.5. The number of hydrazone groups is 1. The summed E-state index contributed by atoms with van der Waals surface area (Å²) in [6.45, 7) is 11.6. The molecule has 0 spiro atoms. The maximum Gasteiger partial charge on any atom is 0.337 e. The van der Waals surface area contributed by atoms with Crippen molar-refractivity contribution in [2.24, 2.45) is 5.10 Å². The zero-order valence-corrected chi connectivity index (χ0v) is 20.9. The number of aryl methyl sites for hydroxylation is 1. The molecule has 0 radical (unpaired) electrons. The molecule has 3 aromatic carbocycles. The molecule has 6 heteroatoms. The van der Waals surface area contributed by atoms with Crippen molar-refractivity contribution in [2.45, 2.75) is 38.8 Å². The van der Waals surface area contributed by atoms with Crippen molar-refractivity contribution < 1.29 is 14.2 Å². The third-order valence-electron chi connectivity index (χ3n) is 7.37. The molecule has 0 bridgehead atoms. The van der Waals surface area contributed by atoms with Crippen LogP contribution in [0.5, 0.6) is 0 Å². The Morgan fingerprint density at radius 1 is 1.11 bits per heavy atom. The first-order chi connectivity index (χ1) is 16.8. The van der Waals surface area contributed by atoms with E-state index in [9.17, 15) is 4.79 Å². The standard InChI is InChI=1S/C29H31N4O2/c1-7-33-24-11-9-8-10-21(24)22-17-20(13-15-25(22)33)32(5)30-18-27-29(2,3)23-16-19(28(34)35-6)12-14-26(23)31(27)4/h8-18,27H,5,7H2,1-4,6H3/q+1. The van der Waals surface area contributed by atoms with Gasteiger partial charge in [0.25, 0.3) is 0 Å². The molecule has 35 heavy (non-hydrogen) atoms. The van der Waals surface area contributed by atoms with Crippen LogP contribution in [0, 0.1) is 0 Å². The molecule has 1 aromatic heterocycles. The predicted molar refractivity (Wildman–Crippen MR) is 144 cm³/mol. The normalized spacial score (nSPS) is 16.8. The largest absolute Gasteiger partial charge is 0.465 e. The van der Waals surface area contributed by atoms with Crippen molar-refractivity contribution >= 4 is 52.1 Å². The Balaban J connectivity index is 1.47. The van der Waals surface area contributed by atoms with E-state index < -0.39 is 0 Å². The van der Waals surface area contributed by atoms with E-state index in [0.717, 1.165) is 23.5 Å². The fourth-order valence-corrected chi connectivity index (χ4v) is 5.44. The molecule has 1 unspecified atom stereocenters. The average Bonchev–Trinajstić information content (AvgIpc) is 3.29. The Bertz CT molecular complexity index is 1510. The van der Waals surface area contributed by atoms with E-state index in [4.69, 9.17) is 9.84 Å². The summed E-state index contributed by atoms with van der Waals surface area (Å²) in [7, 11) is 3.46. The number of methoxy groups -OCH3 is 1. The number of esters is 1. The fourth-order valence-electron chi connectivity index (χ4n) is 5.44. The summed E-state index contributed by atoms with van der Waals surface area (Å²) in [4.78, 5) is 14.3. The molecule has 2 heterocycles. The molecular formula is C29H31N4O2+. The molecule has 0 amide bonds. The first-order valence-electron chi connectivity index (χ1n) is 11.9. The van der Waals surface area contributed by atoms with E-state index in [1.165, 1.54) is 28.9 Å². The number of nitrogens with zero attached hydrogens (tertiary/aromatic N) is 4. The lowest BCUT2D eigenvalue weighted by molar-refractivity contribution is -0.435. The summed E-state index contributed by atoms with van der Waals surface area (Å²) < 4.78 is 8.94. The number of likely N-dealkylation sites (N-methyl/N-ethyl adjacent to an activating group) is 1. The minimum Gasteiger partial charge on any atom is -0.465 e. The number of hydrogen-bond donors (Lipinski definition) is 0. The van der Waals surface area contributed by atoms with Crippen molar-refractivity contribution in [3.05, 3.63) is 71.8 Å². The van der Waals surface area contributed by atoms with Crippen LogP contribution < -0.4 is 4.90 Å². The van der Waals surface area contributed by atoms with Crippen LogP contribution >= 0.6 is 0 Å². The summed E-state index contributed by atoms with van der Waals surface area (Å²) in [5, 5.41) is 7.18. The van der Waals surface area contributed by atoms with Crippen LogP contribution in [0.3, 0.4) is 0 Å². The monoisotopic (exact) mass is 467 g/mol. The molecule has 0 fully saturated rings. The van der Waals surface area contributed by atoms with Crippen molar-refractivity contribution in [2.75, 3.05) is 19.1 Å². The first-order valence-corrected chi connectivity index (χ1v) is 11.9. The lowest BCUT2D eigenvalue weighted by Gasteiger charge is -2.28. The van der Waals surface area contributed by atoms with Gasteiger partial charge in [0.05, 0.1) is 24.9 Å². The van der Waals surface area contributed by atoms with Gasteiger partial charge in [0.15, 0.2) is 6.72 Å². The Kier molecular flexibility index (Phi) is 5.47. The number of para-hydroxylation sites is 1. The second-order valence-corrected chi connectivity index (χ2v) is 9.63. The molecule has 5 rings (SSSR count). The van der Waals surface area contributed by atoms with Crippen molar-refractivity contribution in [3.63, 3.8) is 0 Å². The second kappa shape index (κ2) is 8.38. The van der Waals surface area contributed by atoms with Gasteiger partial charge in [-0.15, -0.1) is 0 Å². The Morgan fingerprint density at radius 2 is 1.86 bits per heavy atom. The number of rotatable bonds is 5. The molecule has 178 valence electrons. The van der Waals surface area contributed by atoms with Crippen molar-refractivity contribution in [1.82, 2.24) is 4.57 Å². The van der Waals surface area contributed by atoms with Crippen LogP contribution in [0.25, 0.3) is 21.8 Å². The van der Waals surface area contributed by atoms with E-state index in [0.29, 0.717) is 5.56 Å². The molecule has 1 atom stereocenters. The van der Waals surface area contributed by atoms with E-state index in [2.05, 4.69) is 86.5 Å². The zero-order valence-electron chi connectivity index (χ0n) is 20.9. The average molecular weight is 468 g/mol. The molecule has 1 aliphatic heterocycles. The summed E-state index contributed by atoms with van der Waals surface area (Å²) in [6.07, 6.45) is 1.95. The molecule has 0 saturated carbocycles. The SMILES string of the molecule is C=[N+](N=CC1N(C)c2ccc(C(=O)OC)cc2C1(C)C)c1ccc2c(c1)c1ccccc1n2CC. The number of aromatic nitrogens is 1. The van der Waals surface area contributed by atoms with Gasteiger partial charge >= 0.3 is 5.97 Å². The number of carbonyl (C=O) groups is 1. The van der Waals surface area contributed by atoms with Gasteiger partial charge in [-0.2, -0.15) is 0 Å². The summed E-state index contributed by atoms with van der Waals surface area (Å²) >= 11 is 0. The van der Waals surface area contributed by atoms with Crippen molar-refractivity contribution in [1.29, 1.82) is 0 Å². The van der Waals surface area contributed by atoms with Crippen LogP contribution in [-0.4, -0.2) is 48.4 Å². The zero-order chi connectivity index (χ0) is 24.9. The fraction of sp³-hybridized carbons (Fsp3) is 0.276. The number of fused-ring (bicyclic) bond motifs is 4. The maximum atomic E-state index is 12.1. The smallest absolute Gasteiger partial charge is 0.337 e. The van der Waals surface area contributed by atoms with Crippen LogP contribution in [0.1, 0.15) is 36.7 Å². The summed E-state index contributed by atoms with van der Waals surface area (Å²) in [5.74, 6) is -0.327. The second-order valence-electron chi connectivity index (χ2n) is 9.63. The quantitative estimate of drug-likeness (QED) is 0.163. The summed E-state index contributed by atoms with van der Waals surface area (Å²) in [5.41, 5.74) is 5.87. The molecule has 0 aliphatic carbocycles. The van der Waals surface area contributed by atoms with Crippen LogP contribution in [-0.2, 0) is 16.7 Å². The van der Waals surface area contributed by atoms with Crippen molar-refractivity contribution in [3.8, 4) is 0 Å². The van der Waals surface area contributed by atoms with Gasteiger partial charge in [0, 0.05) is 58.6 Å². The van der Waals surface area contributed by atoms with Crippen LogP contribution in [0.15, 0.2) is 65.8 Å². The molecule has 1 aliphatic rings. The minimum absolute atomic E-state index is 0.000355. The van der Waals surface area contributed by atoms with Gasteiger partial charge in [-0.05, 0) is 47.9 Å².